The Labute approximate surface area is 177 Å². The maximum absolute atomic E-state index is 6.17. The van der Waals surface area contributed by atoms with E-state index in [1.54, 1.807) is 11.3 Å². The fraction of sp³-hybridized carbons (Fsp3) is 0.450. The van der Waals surface area contributed by atoms with Crippen LogP contribution in [0.2, 0.25) is 0 Å². The van der Waals surface area contributed by atoms with Crippen molar-refractivity contribution in [2.75, 3.05) is 19.8 Å². The molecule has 1 saturated heterocycles. The van der Waals surface area contributed by atoms with Crippen LogP contribution < -0.4 is 11.1 Å². The average Bonchev–Trinajstić information content (AvgIpc) is 3.16. The summed E-state index contributed by atoms with van der Waals surface area (Å²) in [5, 5.41) is 5.55. The number of rotatable bonds is 7. The van der Waals surface area contributed by atoms with E-state index in [9.17, 15) is 0 Å². The molecule has 3 N–H and O–H groups in total. The van der Waals surface area contributed by atoms with Gasteiger partial charge in [0.2, 0.25) is 0 Å². The van der Waals surface area contributed by atoms with Crippen LogP contribution in [0.1, 0.15) is 35.7 Å². The van der Waals surface area contributed by atoms with Crippen molar-refractivity contribution in [2.24, 2.45) is 16.6 Å². The lowest BCUT2D eigenvalue weighted by molar-refractivity contribution is 0.0612. The predicted molar refractivity (Wildman–Crippen MR) is 120 cm³/mol. The number of guanidine groups is 1. The number of nitrogens with two attached hydrogens (primary N) is 1. The standard InChI is InChI=1S/C20H27N3OS.HI/c21-20(22-11-8-18-7-4-14-25-18)23-19(17-5-2-1-3-6-17)15-16-9-12-24-13-10-16;/h1-7,14,16,19H,8-13,15H2,(H3,21,22,23);1H. The van der Waals surface area contributed by atoms with Crippen LogP contribution in [-0.4, -0.2) is 25.7 Å². The molecule has 2 aromatic rings. The third-order valence-electron chi connectivity index (χ3n) is 4.65. The van der Waals surface area contributed by atoms with Crippen molar-refractivity contribution in [3.8, 4) is 0 Å². The third kappa shape index (κ3) is 6.89. The van der Waals surface area contributed by atoms with Gasteiger partial charge >= 0.3 is 0 Å². The topological polar surface area (TPSA) is 59.6 Å². The quantitative estimate of drug-likeness (QED) is 0.348. The highest BCUT2D eigenvalue weighted by atomic mass is 127. The van der Waals surface area contributed by atoms with Gasteiger partial charge in [-0.15, -0.1) is 35.3 Å². The number of hydrogen-bond donors (Lipinski definition) is 2. The number of benzene rings is 1. The number of nitrogens with zero attached hydrogens (tertiary/aromatic N) is 1. The highest BCUT2D eigenvalue weighted by Crippen LogP contribution is 2.27. The van der Waals surface area contributed by atoms with E-state index in [1.165, 1.54) is 10.4 Å². The molecule has 142 valence electrons. The molecular formula is C20H28IN3OS. The summed E-state index contributed by atoms with van der Waals surface area (Å²) in [5.74, 6) is 1.21. The highest BCUT2D eigenvalue weighted by molar-refractivity contribution is 14.0. The zero-order valence-corrected chi connectivity index (χ0v) is 18.1. The number of nitrogens with one attached hydrogen (secondary N) is 1. The van der Waals surface area contributed by atoms with Gasteiger partial charge in [-0.2, -0.15) is 0 Å². The molecule has 26 heavy (non-hydrogen) atoms. The predicted octanol–water partition coefficient (Wildman–Crippen LogP) is 4.37. The van der Waals surface area contributed by atoms with Gasteiger partial charge in [0, 0.05) is 31.1 Å². The van der Waals surface area contributed by atoms with E-state index in [2.05, 4.69) is 52.1 Å². The Bertz CT molecular complexity index is 642. The molecule has 1 aromatic heterocycles. The minimum Gasteiger partial charge on any atom is -0.381 e. The van der Waals surface area contributed by atoms with E-state index in [1.807, 2.05) is 6.07 Å². The summed E-state index contributed by atoms with van der Waals surface area (Å²) in [4.78, 5) is 5.87. The lowest BCUT2D eigenvalue weighted by Crippen LogP contribution is -2.36. The Morgan fingerprint density at radius 1 is 1.19 bits per heavy atom. The second kappa shape index (κ2) is 11.6. The number of halogens is 1. The van der Waals surface area contributed by atoms with E-state index in [-0.39, 0.29) is 30.0 Å². The first-order valence-corrected chi connectivity index (χ1v) is 9.91. The third-order valence-corrected chi connectivity index (χ3v) is 5.59. The van der Waals surface area contributed by atoms with Gasteiger partial charge in [0.05, 0.1) is 6.04 Å². The van der Waals surface area contributed by atoms with E-state index in [0.717, 1.165) is 45.4 Å². The molecule has 0 radical (unpaired) electrons. The first-order valence-electron chi connectivity index (χ1n) is 9.03. The zero-order chi connectivity index (χ0) is 17.3. The number of ether oxygens (including phenoxy) is 1. The lowest BCUT2D eigenvalue weighted by Gasteiger charge is -2.28. The Kier molecular flexibility index (Phi) is 9.42. The van der Waals surface area contributed by atoms with Crippen LogP contribution in [0.25, 0.3) is 0 Å². The first-order chi connectivity index (χ1) is 12.3. The number of thiophene rings is 1. The maximum Gasteiger partial charge on any atom is 0.189 e. The first kappa shape index (κ1) is 21.2. The van der Waals surface area contributed by atoms with Gasteiger partial charge in [-0.05, 0) is 42.2 Å². The highest BCUT2D eigenvalue weighted by Gasteiger charge is 2.21. The minimum atomic E-state index is 0. The van der Waals surface area contributed by atoms with Crippen LogP contribution in [0.5, 0.6) is 0 Å². The van der Waals surface area contributed by atoms with E-state index >= 15 is 0 Å². The van der Waals surface area contributed by atoms with Crippen molar-refractivity contribution in [3.63, 3.8) is 0 Å². The summed E-state index contributed by atoms with van der Waals surface area (Å²) in [6, 6.07) is 15.0. The average molecular weight is 485 g/mol. The molecule has 1 aliphatic rings. The van der Waals surface area contributed by atoms with Crippen molar-refractivity contribution in [1.29, 1.82) is 0 Å². The zero-order valence-electron chi connectivity index (χ0n) is 15.0. The summed E-state index contributed by atoms with van der Waals surface area (Å²) >= 11 is 1.77. The van der Waals surface area contributed by atoms with Crippen LogP contribution >= 0.6 is 35.3 Å². The second-order valence-corrected chi connectivity index (χ2v) is 7.53. The molecule has 1 unspecified atom stereocenters. The Balaban J connectivity index is 0.00000243. The van der Waals surface area contributed by atoms with Gasteiger partial charge < -0.3 is 15.8 Å². The van der Waals surface area contributed by atoms with Gasteiger partial charge in [-0.25, -0.2) is 0 Å². The largest absolute Gasteiger partial charge is 0.381 e. The van der Waals surface area contributed by atoms with Crippen LogP contribution in [-0.2, 0) is 11.2 Å². The molecule has 0 amide bonds. The van der Waals surface area contributed by atoms with Crippen molar-refractivity contribution < 1.29 is 4.74 Å². The van der Waals surface area contributed by atoms with Gasteiger partial charge in [0.1, 0.15) is 0 Å². The molecule has 2 heterocycles. The van der Waals surface area contributed by atoms with Gasteiger partial charge in [-0.3, -0.25) is 4.99 Å². The Hall–Kier alpha value is -1.12. The fourth-order valence-corrected chi connectivity index (χ4v) is 3.94. The Morgan fingerprint density at radius 3 is 2.65 bits per heavy atom. The summed E-state index contributed by atoms with van der Waals surface area (Å²) < 4.78 is 5.49. The summed E-state index contributed by atoms with van der Waals surface area (Å²) in [7, 11) is 0. The molecule has 0 bridgehead atoms. The molecule has 1 fully saturated rings. The fourth-order valence-electron chi connectivity index (χ4n) is 3.24. The molecule has 6 heteroatoms. The summed E-state index contributed by atoms with van der Waals surface area (Å²) in [5.41, 5.74) is 7.44. The summed E-state index contributed by atoms with van der Waals surface area (Å²) in [6.45, 7) is 2.46. The SMILES string of the molecule is I.NC(=NCCc1cccs1)NC(CC1CCOCC1)c1ccccc1. The molecule has 0 saturated carbocycles. The number of aliphatic imine (C=N–C) groups is 1. The molecule has 0 aliphatic carbocycles. The molecule has 4 nitrogen and oxygen atoms in total. The van der Waals surface area contributed by atoms with Gasteiger partial charge in [0.15, 0.2) is 5.96 Å². The van der Waals surface area contributed by atoms with E-state index < -0.39 is 0 Å². The number of hydrogen-bond acceptors (Lipinski definition) is 3. The molecular weight excluding hydrogens is 457 g/mol. The second-order valence-electron chi connectivity index (χ2n) is 6.50. The van der Waals surface area contributed by atoms with Crippen molar-refractivity contribution in [2.45, 2.75) is 31.7 Å². The van der Waals surface area contributed by atoms with E-state index in [0.29, 0.717) is 11.9 Å². The normalized spacial score (nSPS) is 16.7. The maximum atomic E-state index is 6.17. The van der Waals surface area contributed by atoms with Crippen LogP contribution in [0, 0.1) is 5.92 Å². The van der Waals surface area contributed by atoms with E-state index in [4.69, 9.17) is 10.5 Å². The molecule has 0 spiro atoms. The summed E-state index contributed by atoms with van der Waals surface area (Å²) in [6.07, 6.45) is 4.26. The lowest BCUT2D eigenvalue weighted by atomic mass is 9.89. The molecule has 1 aromatic carbocycles. The van der Waals surface area contributed by atoms with Crippen molar-refractivity contribution in [3.05, 3.63) is 58.3 Å². The van der Waals surface area contributed by atoms with Crippen LogP contribution in [0.15, 0.2) is 52.8 Å². The van der Waals surface area contributed by atoms with Gasteiger partial charge in [-0.1, -0.05) is 36.4 Å². The molecule has 1 aliphatic heterocycles. The van der Waals surface area contributed by atoms with Crippen molar-refractivity contribution in [1.82, 2.24) is 5.32 Å². The van der Waals surface area contributed by atoms with Gasteiger partial charge in [0.25, 0.3) is 0 Å². The van der Waals surface area contributed by atoms with Crippen molar-refractivity contribution >= 4 is 41.3 Å². The van der Waals surface area contributed by atoms with Crippen LogP contribution in [0.4, 0.5) is 0 Å². The smallest absolute Gasteiger partial charge is 0.189 e. The Morgan fingerprint density at radius 2 is 1.96 bits per heavy atom. The molecule has 3 rings (SSSR count). The minimum absolute atomic E-state index is 0. The molecule has 1 atom stereocenters. The monoisotopic (exact) mass is 485 g/mol. The van der Waals surface area contributed by atoms with Crippen LogP contribution in [0.3, 0.4) is 0 Å².